The number of aliphatic hydroxyl groups is 1. The van der Waals surface area contributed by atoms with E-state index in [0.29, 0.717) is 12.4 Å². The van der Waals surface area contributed by atoms with Gasteiger partial charge in [-0.1, -0.05) is 34.5 Å². The molecule has 2 atom stereocenters. The highest BCUT2D eigenvalue weighted by Crippen LogP contribution is 2.32. The molecule has 0 aliphatic carbocycles. The van der Waals surface area contributed by atoms with Crippen LogP contribution in [0.5, 0.6) is 0 Å². The lowest BCUT2D eigenvalue weighted by Gasteiger charge is -2.25. The van der Waals surface area contributed by atoms with Crippen LogP contribution in [0.25, 0.3) is 0 Å². The molecule has 1 fully saturated rings. The molecule has 2 unspecified atom stereocenters. The number of aromatic nitrogens is 2. The average Bonchev–Trinajstić information content (AvgIpc) is 3.06. The van der Waals surface area contributed by atoms with Gasteiger partial charge in [0, 0.05) is 13.5 Å². The van der Waals surface area contributed by atoms with E-state index >= 15 is 0 Å². The number of β-amino-alcohol motifs (C(OH)–C–C–N with tert-alkyl or cyclic N) is 1. The first kappa shape index (κ1) is 15.2. The van der Waals surface area contributed by atoms with Crippen molar-refractivity contribution in [3.05, 3.63) is 46.6 Å². The molecule has 1 aliphatic heterocycles. The van der Waals surface area contributed by atoms with E-state index in [1.54, 1.807) is 6.92 Å². The number of hydrogen-bond donors (Lipinski definition) is 1. The summed E-state index contributed by atoms with van der Waals surface area (Å²) in [7, 11) is 0. The SMILES string of the molecule is Cc1cc(C)cc(C(O)CN2CCCC2c2noc(C)n2)c1. The molecule has 2 heterocycles. The second kappa shape index (κ2) is 6.18. The summed E-state index contributed by atoms with van der Waals surface area (Å²) in [5.74, 6) is 1.33. The number of rotatable bonds is 4. The van der Waals surface area contributed by atoms with Crippen molar-refractivity contribution < 1.29 is 9.63 Å². The smallest absolute Gasteiger partial charge is 0.223 e. The van der Waals surface area contributed by atoms with Crippen molar-refractivity contribution in [2.75, 3.05) is 13.1 Å². The van der Waals surface area contributed by atoms with E-state index < -0.39 is 6.10 Å². The van der Waals surface area contributed by atoms with Crippen molar-refractivity contribution in [2.24, 2.45) is 0 Å². The van der Waals surface area contributed by atoms with E-state index in [2.05, 4.69) is 47.1 Å². The van der Waals surface area contributed by atoms with Crippen LogP contribution in [0, 0.1) is 20.8 Å². The first-order chi connectivity index (χ1) is 10.5. The third-order valence-corrected chi connectivity index (χ3v) is 4.24. The van der Waals surface area contributed by atoms with Gasteiger partial charge in [0.25, 0.3) is 0 Å². The maximum Gasteiger partial charge on any atom is 0.223 e. The van der Waals surface area contributed by atoms with E-state index in [9.17, 15) is 5.11 Å². The summed E-state index contributed by atoms with van der Waals surface area (Å²) in [5.41, 5.74) is 3.34. The summed E-state index contributed by atoms with van der Waals surface area (Å²) < 4.78 is 5.10. The zero-order chi connectivity index (χ0) is 15.7. The van der Waals surface area contributed by atoms with Crippen LogP contribution < -0.4 is 0 Å². The Kier molecular flexibility index (Phi) is 4.27. The van der Waals surface area contributed by atoms with Crippen LogP contribution in [0.3, 0.4) is 0 Å². The number of nitrogens with zero attached hydrogens (tertiary/aromatic N) is 3. The Balaban J connectivity index is 1.73. The molecule has 22 heavy (non-hydrogen) atoms. The molecule has 3 rings (SSSR count). The van der Waals surface area contributed by atoms with E-state index in [1.165, 1.54) is 11.1 Å². The third-order valence-electron chi connectivity index (χ3n) is 4.24. The number of benzene rings is 1. The predicted octanol–water partition coefficient (Wildman–Crippen LogP) is 2.87. The third kappa shape index (κ3) is 3.20. The van der Waals surface area contributed by atoms with Gasteiger partial charge in [-0.05, 0) is 38.8 Å². The largest absolute Gasteiger partial charge is 0.387 e. The Morgan fingerprint density at radius 2 is 2.00 bits per heavy atom. The molecule has 1 aromatic carbocycles. The molecule has 1 aromatic heterocycles. The fraction of sp³-hybridized carbons (Fsp3) is 0.529. The molecule has 0 radical (unpaired) electrons. The van der Waals surface area contributed by atoms with Gasteiger partial charge in [0.1, 0.15) is 0 Å². The van der Waals surface area contributed by atoms with Gasteiger partial charge in [-0.25, -0.2) is 0 Å². The van der Waals surface area contributed by atoms with E-state index in [1.807, 2.05) is 0 Å². The highest BCUT2D eigenvalue weighted by Gasteiger charge is 2.31. The molecule has 0 saturated carbocycles. The molecule has 1 N–H and O–H groups in total. The first-order valence-corrected chi connectivity index (χ1v) is 7.83. The summed E-state index contributed by atoms with van der Waals surface area (Å²) in [6.45, 7) is 7.48. The summed E-state index contributed by atoms with van der Waals surface area (Å²) in [5, 5.41) is 14.6. The van der Waals surface area contributed by atoms with E-state index in [0.717, 1.165) is 30.8 Å². The lowest BCUT2D eigenvalue weighted by atomic mass is 10.0. The van der Waals surface area contributed by atoms with Gasteiger partial charge >= 0.3 is 0 Å². The van der Waals surface area contributed by atoms with Gasteiger partial charge in [-0.2, -0.15) is 4.98 Å². The number of likely N-dealkylation sites (tertiary alicyclic amines) is 1. The van der Waals surface area contributed by atoms with Gasteiger partial charge in [0.15, 0.2) is 5.82 Å². The number of aliphatic hydroxyl groups excluding tert-OH is 1. The van der Waals surface area contributed by atoms with Gasteiger partial charge in [-0.3, -0.25) is 4.90 Å². The molecule has 0 amide bonds. The quantitative estimate of drug-likeness (QED) is 0.941. The standard InChI is InChI=1S/C17H23N3O2/c1-11-7-12(2)9-14(8-11)16(21)10-20-6-4-5-15(20)17-18-13(3)22-19-17/h7-9,15-16,21H,4-6,10H2,1-3H3. The Morgan fingerprint density at radius 3 is 2.64 bits per heavy atom. The van der Waals surface area contributed by atoms with Gasteiger partial charge in [0.2, 0.25) is 5.89 Å². The van der Waals surface area contributed by atoms with Crippen molar-refractivity contribution in [2.45, 2.75) is 45.8 Å². The highest BCUT2D eigenvalue weighted by molar-refractivity contribution is 5.30. The Morgan fingerprint density at radius 1 is 1.27 bits per heavy atom. The van der Waals surface area contributed by atoms with Crippen molar-refractivity contribution in [1.29, 1.82) is 0 Å². The van der Waals surface area contributed by atoms with Gasteiger partial charge < -0.3 is 9.63 Å². The second-order valence-corrected chi connectivity index (χ2v) is 6.26. The van der Waals surface area contributed by atoms with Gasteiger partial charge in [-0.15, -0.1) is 0 Å². The monoisotopic (exact) mass is 301 g/mol. The maximum absolute atomic E-state index is 10.6. The van der Waals surface area contributed by atoms with Crippen LogP contribution in [0.1, 0.15) is 53.4 Å². The summed E-state index contributed by atoms with van der Waals surface area (Å²) in [4.78, 5) is 6.61. The number of hydrogen-bond acceptors (Lipinski definition) is 5. The van der Waals surface area contributed by atoms with Crippen LogP contribution in [0.4, 0.5) is 0 Å². The van der Waals surface area contributed by atoms with Crippen LogP contribution in [-0.2, 0) is 0 Å². The summed E-state index contributed by atoms with van der Waals surface area (Å²) in [6.07, 6.45) is 1.61. The maximum atomic E-state index is 10.6. The average molecular weight is 301 g/mol. The van der Waals surface area contributed by atoms with Crippen molar-refractivity contribution in [3.63, 3.8) is 0 Å². The second-order valence-electron chi connectivity index (χ2n) is 6.26. The minimum atomic E-state index is -0.493. The fourth-order valence-corrected chi connectivity index (χ4v) is 3.32. The Labute approximate surface area is 131 Å². The predicted molar refractivity (Wildman–Crippen MR) is 83.5 cm³/mol. The van der Waals surface area contributed by atoms with Crippen LogP contribution >= 0.6 is 0 Å². The van der Waals surface area contributed by atoms with Crippen LogP contribution in [0.15, 0.2) is 22.7 Å². The number of aryl methyl sites for hydroxylation is 3. The van der Waals surface area contributed by atoms with Crippen molar-refractivity contribution in [1.82, 2.24) is 15.0 Å². The summed E-state index contributed by atoms with van der Waals surface area (Å²) >= 11 is 0. The summed E-state index contributed by atoms with van der Waals surface area (Å²) in [6, 6.07) is 6.39. The Bertz CT molecular complexity index is 633. The minimum absolute atomic E-state index is 0.151. The molecular formula is C17H23N3O2. The lowest BCUT2D eigenvalue weighted by molar-refractivity contribution is 0.103. The molecule has 1 aliphatic rings. The normalized spacial score (nSPS) is 20.5. The zero-order valence-electron chi connectivity index (χ0n) is 13.4. The van der Waals surface area contributed by atoms with Crippen molar-refractivity contribution >= 4 is 0 Å². The minimum Gasteiger partial charge on any atom is -0.387 e. The zero-order valence-corrected chi connectivity index (χ0v) is 13.4. The highest BCUT2D eigenvalue weighted by atomic mass is 16.5. The lowest BCUT2D eigenvalue weighted by Crippen LogP contribution is -2.29. The molecule has 1 saturated heterocycles. The van der Waals surface area contributed by atoms with E-state index in [-0.39, 0.29) is 6.04 Å². The molecule has 0 spiro atoms. The first-order valence-electron chi connectivity index (χ1n) is 7.83. The van der Waals surface area contributed by atoms with Gasteiger partial charge in [0.05, 0.1) is 12.1 Å². The molecule has 5 nitrogen and oxygen atoms in total. The fourth-order valence-electron chi connectivity index (χ4n) is 3.32. The topological polar surface area (TPSA) is 62.4 Å². The van der Waals surface area contributed by atoms with Crippen molar-refractivity contribution in [3.8, 4) is 0 Å². The Hall–Kier alpha value is -1.72. The van der Waals surface area contributed by atoms with E-state index in [4.69, 9.17) is 4.52 Å². The molecule has 2 aromatic rings. The van der Waals surface area contributed by atoms with Crippen LogP contribution in [0.2, 0.25) is 0 Å². The molecule has 5 heteroatoms. The molecular weight excluding hydrogens is 278 g/mol. The van der Waals surface area contributed by atoms with Crippen LogP contribution in [-0.4, -0.2) is 33.2 Å². The molecule has 0 bridgehead atoms. The molecule has 118 valence electrons.